The molecule has 0 aliphatic carbocycles. The molecule has 0 saturated heterocycles. The first-order chi connectivity index (χ1) is 8.22. The largest absolute Gasteiger partial charge is 0.486 e. The number of rotatable bonds is 8. The number of hydrogen-bond acceptors (Lipinski definition) is 4. The van der Waals surface area contributed by atoms with Gasteiger partial charge in [0.05, 0.1) is 18.5 Å². The van der Waals surface area contributed by atoms with Crippen molar-refractivity contribution in [2.45, 2.75) is 6.54 Å². The van der Waals surface area contributed by atoms with E-state index in [1.165, 1.54) is 0 Å². The van der Waals surface area contributed by atoms with Crippen molar-refractivity contribution in [3.05, 3.63) is 35.6 Å². The Morgan fingerprint density at radius 3 is 2.94 bits per heavy atom. The lowest BCUT2D eigenvalue weighted by Crippen LogP contribution is -2.19. The average Bonchev–Trinajstić information content (AvgIpc) is 2.33. The Balaban J connectivity index is 2.31. The summed E-state index contributed by atoms with van der Waals surface area (Å²) in [5.41, 5.74) is 0.957. The topological polar surface area (TPSA) is 43.4 Å². The summed E-state index contributed by atoms with van der Waals surface area (Å²) in [4.78, 5) is 4.25. The van der Waals surface area contributed by atoms with Crippen molar-refractivity contribution in [3.63, 3.8) is 0 Å². The molecule has 0 amide bonds. The predicted octanol–water partition coefficient (Wildman–Crippen LogP) is 1.95. The van der Waals surface area contributed by atoms with Gasteiger partial charge in [0.1, 0.15) is 12.4 Å². The highest BCUT2D eigenvalue weighted by Crippen LogP contribution is 2.10. The first-order valence-electron chi connectivity index (χ1n) is 5.33. The van der Waals surface area contributed by atoms with Crippen LogP contribution in [-0.2, 0) is 11.3 Å². The molecule has 5 heteroatoms. The average molecular weight is 257 g/mol. The zero-order valence-electron chi connectivity index (χ0n) is 9.91. The molecule has 1 heterocycles. The van der Waals surface area contributed by atoms with Gasteiger partial charge in [0.2, 0.25) is 0 Å². The number of hydrogen-bond donors (Lipinski definition) is 1. The van der Waals surface area contributed by atoms with Gasteiger partial charge in [-0.3, -0.25) is 4.98 Å². The zero-order chi connectivity index (χ0) is 12.5. The number of nitrogens with one attached hydrogen (secondary N) is 1. The minimum atomic E-state index is 0.300. The first-order valence-corrected chi connectivity index (χ1v) is 5.71. The quantitative estimate of drug-likeness (QED) is 0.722. The standard InChI is InChI=1S/C12H17ClN2O2/c1-10(13)9-17-12-4-3-11(15-8-12)7-14-5-6-16-2/h3-4,8,14H,1,5-7,9H2,2H3. The molecule has 1 rings (SSSR count). The summed E-state index contributed by atoms with van der Waals surface area (Å²) in [6.45, 7) is 6.06. The van der Waals surface area contributed by atoms with Crippen LogP contribution < -0.4 is 10.1 Å². The molecule has 1 aromatic rings. The van der Waals surface area contributed by atoms with Crippen molar-refractivity contribution >= 4 is 11.6 Å². The molecule has 4 nitrogen and oxygen atoms in total. The minimum Gasteiger partial charge on any atom is -0.486 e. The van der Waals surface area contributed by atoms with Gasteiger partial charge in [-0.25, -0.2) is 0 Å². The predicted molar refractivity (Wildman–Crippen MR) is 68.3 cm³/mol. The lowest BCUT2D eigenvalue weighted by Gasteiger charge is -2.06. The van der Waals surface area contributed by atoms with Gasteiger partial charge < -0.3 is 14.8 Å². The van der Waals surface area contributed by atoms with Crippen molar-refractivity contribution in [3.8, 4) is 5.75 Å². The SMILES string of the molecule is C=C(Cl)COc1ccc(CNCCOC)nc1. The number of pyridine rings is 1. The molecule has 1 aromatic heterocycles. The third-order valence-electron chi connectivity index (χ3n) is 1.98. The normalized spacial score (nSPS) is 10.2. The van der Waals surface area contributed by atoms with Crippen LogP contribution in [-0.4, -0.2) is 31.9 Å². The third-order valence-corrected chi connectivity index (χ3v) is 2.09. The van der Waals surface area contributed by atoms with Crippen LogP contribution in [0.1, 0.15) is 5.69 Å². The molecule has 0 bridgehead atoms. The number of methoxy groups -OCH3 is 1. The van der Waals surface area contributed by atoms with E-state index in [1.54, 1.807) is 13.3 Å². The van der Waals surface area contributed by atoms with E-state index in [-0.39, 0.29) is 0 Å². The minimum absolute atomic E-state index is 0.300. The number of halogens is 1. The summed E-state index contributed by atoms with van der Waals surface area (Å²) in [7, 11) is 1.68. The second-order valence-corrected chi connectivity index (χ2v) is 4.00. The summed E-state index contributed by atoms with van der Waals surface area (Å²) >= 11 is 5.60. The van der Waals surface area contributed by atoms with Crippen LogP contribution >= 0.6 is 11.6 Å². The Labute approximate surface area is 107 Å². The second kappa shape index (κ2) is 8.06. The van der Waals surface area contributed by atoms with Gasteiger partial charge in [0, 0.05) is 25.2 Å². The second-order valence-electron chi connectivity index (χ2n) is 3.46. The molecule has 0 radical (unpaired) electrons. The molecule has 1 N–H and O–H groups in total. The van der Waals surface area contributed by atoms with Crippen LogP contribution in [0.4, 0.5) is 0 Å². The van der Waals surface area contributed by atoms with Gasteiger partial charge in [0.15, 0.2) is 0 Å². The van der Waals surface area contributed by atoms with Crippen molar-refractivity contribution < 1.29 is 9.47 Å². The maximum absolute atomic E-state index is 5.60. The Hall–Kier alpha value is -1.10. The van der Waals surface area contributed by atoms with Crippen LogP contribution in [0.3, 0.4) is 0 Å². The van der Waals surface area contributed by atoms with E-state index < -0.39 is 0 Å². The smallest absolute Gasteiger partial charge is 0.138 e. The third kappa shape index (κ3) is 6.26. The first kappa shape index (κ1) is 14.0. The molecule has 0 aliphatic rings. The summed E-state index contributed by atoms with van der Waals surface area (Å²) in [6, 6.07) is 3.77. The highest BCUT2D eigenvalue weighted by molar-refractivity contribution is 6.29. The Kier molecular flexibility index (Phi) is 6.62. The van der Waals surface area contributed by atoms with Crippen molar-refractivity contribution in [2.75, 3.05) is 26.9 Å². The van der Waals surface area contributed by atoms with E-state index in [1.807, 2.05) is 12.1 Å². The zero-order valence-corrected chi connectivity index (χ0v) is 10.7. The van der Waals surface area contributed by atoms with E-state index in [0.29, 0.717) is 30.5 Å². The van der Waals surface area contributed by atoms with Gasteiger partial charge in [0.25, 0.3) is 0 Å². The molecule has 94 valence electrons. The fourth-order valence-electron chi connectivity index (χ4n) is 1.15. The molecule has 0 fully saturated rings. The molecule has 0 spiro atoms. The van der Waals surface area contributed by atoms with Gasteiger partial charge in [-0.2, -0.15) is 0 Å². The highest BCUT2D eigenvalue weighted by Gasteiger charge is 1.97. The molecule has 17 heavy (non-hydrogen) atoms. The van der Waals surface area contributed by atoms with Crippen molar-refractivity contribution in [1.29, 1.82) is 0 Å². The van der Waals surface area contributed by atoms with Crippen LogP contribution in [0.15, 0.2) is 29.9 Å². The summed E-state index contributed by atoms with van der Waals surface area (Å²) in [5, 5.41) is 3.68. The van der Waals surface area contributed by atoms with E-state index >= 15 is 0 Å². The maximum Gasteiger partial charge on any atom is 0.138 e. The van der Waals surface area contributed by atoms with E-state index in [9.17, 15) is 0 Å². The van der Waals surface area contributed by atoms with E-state index in [2.05, 4.69) is 16.9 Å². The molecule has 0 aromatic carbocycles. The van der Waals surface area contributed by atoms with Crippen LogP contribution in [0.2, 0.25) is 0 Å². The van der Waals surface area contributed by atoms with E-state index in [0.717, 1.165) is 12.2 Å². The monoisotopic (exact) mass is 256 g/mol. The van der Waals surface area contributed by atoms with Crippen LogP contribution in [0.5, 0.6) is 5.75 Å². The summed E-state index contributed by atoms with van der Waals surface area (Å²) in [6.07, 6.45) is 1.67. The number of ether oxygens (including phenoxy) is 2. The molecule has 0 aliphatic heterocycles. The van der Waals surface area contributed by atoms with E-state index in [4.69, 9.17) is 21.1 Å². The van der Waals surface area contributed by atoms with Gasteiger partial charge in [-0.15, -0.1) is 0 Å². The molecular weight excluding hydrogens is 240 g/mol. The molecule has 0 saturated carbocycles. The summed E-state index contributed by atoms with van der Waals surface area (Å²) in [5.74, 6) is 0.687. The Morgan fingerprint density at radius 1 is 1.53 bits per heavy atom. The fourth-order valence-corrected chi connectivity index (χ4v) is 1.21. The number of aromatic nitrogens is 1. The van der Waals surface area contributed by atoms with Crippen molar-refractivity contribution in [1.82, 2.24) is 10.3 Å². The summed E-state index contributed by atoms with van der Waals surface area (Å²) < 4.78 is 10.3. The fraction of sp³-hybridized carbons (Fsp3) is 0.417. The number of nitrogens with zero attached hydrogens (tertiary/aromatic N) is 1. The molecule has 0 unspecified atom stereocenters. The van der Waals surface area contributed by atoms with Crippen LogP contribution in [0.25, 0.3) is 0 Å². The Morgan fingerprint density at radius 2 is 2.35 bits per heavy atom. The van der Waals surface area contributed by atoms with Gasteiger partial charge >= 0.3 is 0 Å². The highest BCUT2D eigenvalue weighted by atomic mass is 35.5. The Bertz CT molecular complexity index is 341. The van der Waals surface area contributed by atoms with Crippen LogP contribution in [0, 0.1) is 0 Å². The van der Waals surface area contributed by atoms with Gasteiger partial charge in [-0.05, 0) is 12.1 Å². The lowest BCUT2D eigenvalue weighted by molar-refractivity contribution is 0.199. The van der Waals surface area contributed by atoms with Gasteiger partial charge in [-0.1, -0.05) is 18.2 Å². The lowest BCUT2D eigenvalue weighted by atomic mass is 10.3. The van der Waals surface area contributed by atoms with Crippen molar-refractivity contribution in [2.24, 2.45) is 0 Å². The molecule has 0 atom stereocenters. The molecular formula is C12H17ClN2O2. The maximum atomic E-state index is 5.60.